The second-order valence-electron chi connectivity index (χ2n) is 6.93. The molecule has 0 aromatic rings. The van der Waals surface area contributed by atoms with Gasteiger partial charge in [-0.3, -0.25) is 9.59 Å². The Hall–Kier alpha value is -1.10. The number of piperazine rings is 1. The van der Waals surface area contributed by atoms with Gasteiger partial charge in [-0.1, -0.05) is 34.6 Å². The fraction of sp³-hybridized carbons (Fsp3) is 0.875. The zero-order valence-electron chi connectivity index (χ0n) is 14.2. The van der Waals surface area contributed by atoms with Crippen LogP contribution in [0.5, 0.6) is 0 Å². The maximum absolute atomic E-state index is 12.7. The summed E-state index contributed by atoms with van der Waals surface area (Å²) < 4.78 is 5.16. The quantitative estimate of drug-likeness (QED) is 0.778. The lowest BCUT2D eigenvalue weighted by Gasteiger charge is -2.42. The standard InChI is InChI=1S/C16H30N2O3/c1-10(2)7-13-16(20)18(8-12(5)9-21-6)14(11(3)4)15(19)17-13/h10-14H,7-9H2,1-6H3,(H,17,19). The fourth-order valence-corrected chi connectivity index (χ4v) is 2.97. The van der Waals surface area contributed by atoms with Crippen molar-refractivity contribution >= 4 is 11.8 Å². The summed E-state index contributed by atoms with van der Waals surface area (Å²) in [5, 5.41) is 2.90. The summed E-state index contributed by atoms with van der Waals surface area (Å²) in [6.07, 6.45) is 0.685. The molecule has 5 heteroatoms. The van der Waals surface area contributed by atoms with Crippen molar-refractivity contribution in [2.24, 2.45) is 17.8 Å². The number of nitrogens with zero attached hydrogens (tertiary/aromatic N) is 1. The summed E-state index contributed by atoms with van der Waals surface area (Å²) >= 11 is 0. The molecule has 1 saturated heterocycles. The minimum Gasteiger partial charge on any atom is -0.384 e. The van der Waals surface area contributed by atoms with E-state index in [2.05, 4.69) is 19.2 Å². The molecule has 3 unspecified atom stereocenters. The van der Waals surface area contributed by atoms with Gasteiger partial charge in [-0.2, -0.15) is 0 Å². The summed E-state index contributed by atoms with van der Waals surface area (Å²) in [5.74, 6) is 0.701. The highest BCUT2D eigenvalue weighted by Crippen LogP contribution is 2.21. The summed E-state index contributed by atoms with van der Waals surface area (Å²) in [6.45, 7) is 11.3. The molecule has 1 aliphatic heterocycles. The van der Waals surface area contributed by atoms with Crippen molar-refractivity contribution in [3.8, 4) is 0 Å². The Labute approximate surface area is 128 Å². The van der Waals surface area contributed by atoms with E-state index in [0.29, 0.717) is 25.5 Å². The summed E-state index contributed by atoms with van der Waals surface area (Å²) in [6, 6.07) is -0.762. The molecule has 1 aliphatic rings. The minimum atomic E-state index is -0.387. The van der Waals surface area contributed by atoms with Crippen molar-refractivity contribution in [1.82, 2.24) is 10.2 Å². The van der Waals surface area contributed by atoms with E-state index in [9.17, 15) is 9.59 Å². The first-order valence-electron chi connectivity index (χ1n) is 7.87. The average Bonchev–Trinajstić information content (AvgIpc) is 2.34. The number of ether oxygens (including phenoxy) is 1. The van der Waals surface area contributed by atoms with E-state index in [1.165, 1.54) is 0 Å². The monoisotopic (exact) mass is 298 g/mol. The Balaban J connectivity index is 2.92. The van der Waals surface area contributed by atoms with Gasteiger partial charge in [0, 0.05) is 13.7 Å². The first kappa shape index (κ1) is 18.0. The van der Waals surface area contributed by atoms with Gasteiger partial charge in [0.2, 0.25) is 11.8 Å². The van der Waals surface area contributed by atoms with Crippen LogP contribution < -0.4 is 5.32 Å². The van der Waals surface area contributed by atoms with E-state index in [1.807, 2.05) is 20.8 Å². The number of carbonyl (C=O) groups excluding carboxylic acids is 2. The van der Waals surface area contributed by atoms with Gasteiger partial charge in [-0.15, -0.1) is 0 Å². The second-order valence-corrected chi connectivity index (χ2v) is 6.93. The van der Waals surface area contributed by atoms with Crippen LogP contribution in [0.15, 0.2) is 0 Å². The van der Waals surface area contributed by atoms with E-state index < -0.39 is 0 Å². The van der Waals surface area contributed by atoms with E-state index in [-0.39, 0.29) is 35.7 Å². The second kappa shape index (κ2) is 7.78. The van der Waals surface area contributed by atoms with Crippen molar-refractivity contribution in [3.05, 3.63) is 0 Å². The number of nitrogens with one attached hydrogen (secondary N) is 1. The maximum Gasteiger partial charge on any atom is 0.245 e. The SMILES string of the molecule is COCC(C)CN1C(=O)C(CC(C)C)NC(=O)C1C(C)C. The molecule has 1 fully saturated rings. The van der Waals surface area contributed by atoms with Gasteiger partial charge in [0.15, 0.2) is 0 Å². The smallest absolute Gasteiger partial charge is 0.245 e. The highest BCUT2D eigenvalue weighted by molar-refractivity contribution is 5.97. The van der Waals surface area contributed by atoms with Crippen LogP contribution in [0.1, 0.15) is 41.0 Å². The molecule has 0 aromatic heterocycles. The van der Waals surface area contributed by atoms with Gasteiger partial charge in [0.1, 0.15) is 12.1 Å². The van der Waals surface area contributed by atoms with Crippen molar-refractivity contribution in [3.63, 3.8) is 0 Å². The van der Waals surface area contributed by atoms with Gasteiger partial charge >= 0.3 is 0 Å². The van der Waals surface area contributed by atoms with Crippen LogP contribution in [0, 0.1) is 17.8 Å². The van der Waals surface area contributed by atoms with Crippen molar-refractivity contribution < 1.29 is 14.3 Å². The molecule has 0 saturated carbocycles. The van der Waals surface area contributed by atoms with Crippen LogP contribution in [0.25, 0.3) is 0 Å². The molecule has 0 aromatic carbocycles. The number of rotatable bonds is 7. The normalized spacial score (nSPS) is 24.7. The highest BCUT2D eigenvalue weighted by atomic mass is 16.5. The molecular weight excluding hydrogens is 268 g/mol. The zero-order valence-corrected chi connectivity index (χ0v) is 14.2. The number of hydrogen-bond acceptors (Lipinski definition) is 3. The van der Waals surface area contributed by atoms with Crippen molar-refractivity contribution in [2.75, 3.05) is 20.3 Å². The predicted molar refractivity (Wildman–Crippen MR) is 82.8 cm³/mol. The van der Waals surface area contributed by atoms with Crippen LogP contribution in [0.4, 0.5) is 0 Å². The lowest BCUT2D eigenvalue weighted by molar-refractivity contribution is -0.152. The Morgan fingerprint density at radius 2 is 1.81 bits per heavy atom. The molecular formula is C16H30N2O3. The Morgan fingerprint density at radius 1 is 1.19 bits per heavy atom. The number of amides is 2. The first-order chi connectivity index (χ1) is 9.77. The largest absolute Gasteiger partial charge is 0.384 e. The Kier molecular flexibility index (Phi) is 6.65. The molecule has 0 bridgehead atoms. The predicted octanol–water partition coefficient (Wildman–Crippen LogP) is 1.67. The van der Waals surface area contributed by atoms with Gasteiger partial charge < -0.3 is 15.0 Å². The maximum atomic E-state index is 12.7. The Bertz CT molecular complexity index is 369. The summed E-state index contributed by atoms with van der Waals surface area (Å²) in [4.78, 5) is 26.9. The molecule has 2 amide bonds. The van der Waals surface area contributed by atoms with Crippen LogP contribution in [0.3, 0.4) is 0 Å². The van der Waals surface area contributed by atoms with Crippen LogP contribution in [-0.2, 0) is 14.3 Å². The van der Waals surface area contributed by atoms with Gasteiger partial charge in [0.25, 0.3) is 0 Å². The lowest BCUT2D eigenvalue weighted by Crippen LogP contribution is -2.65. The van der Waals surface area contributed by atoms with Crippen molar-refractivity contribution in [2.45, 2.75) is 53.1 Å². The van der Waals surface area contributed by atoms with Crippen LogP contribution in [-0.4, -0.2) is 49.1 Å². The molecule has 0 aliphatic carbocycles. The van der Waals surface area contributed by atoms with Crippen molar-refractivity contribution in [1.29, 1.82) is 0 Å². The molecule has 122 valence electrons. The molecule has 1 N–H and O–H groups in total. The van der Waals surface area contributed by atoms with Gasteiger partial charge in [0.05, 0.1) is 6.61 Å². The van der Waals surface area contributed by atoms with E-state index >= 15 is 0 Å². The topological polar surface area (TPSA) is 58.6 Å². The van der Waals surface area contributed by atoms with Gasteiger partial charge in [-0.25, -0.2) is 0 Å². The molecule has 1 heterocycles. The van der Waals surface area contributed by atoms with Gasteiger partial charge in [-0.05, 0) is 24.2 Å². The fourth-order valence-electron chi connectivity index (χ4n) is 2.97. The number of methoxy groups -OCH3 is 1. The van der Waals surface area contributed by atoms with E-state index in [0.717, 1.165) is 0 Å². The Morgan fingerprint density at radius 3 is 2.29 bits per heavy atom. The summed E-state index contributed by atoms with van der Waals surface area (Å²) in [7, 11) is 1.66. The van der Waals surface area contributed by atoms with Crippen LogP contribution in [0.2, 0.25) is 0 Å². The molecule has 0 radical (unpaired) electrons. The average molecular weight is 298 g/mol. The highest BCUT2D eigenvalue weighted by Gasteiger charge is 2.42. The third-order valence-electron chi connectivity index (χ3n) is 3.80. The molecule has 21 heavy (non-hydrogen) atoms. The third-order valence-corrected chi connectivity index (χ3v) is 3.80. The number of carbonyl (C=O) groups is 2. The number of hydrogen-bond donors (Lipinski definition) is 1. The molecule has 3 atom stereocenters. The van der Waals surface area contributed by atoms with E-state index in [1.54, 1.807) is 12.0 Å². The van der Waals surface area contributed by atoms with E-state index in [4.69, 9.17) is 4.74 Å². The minimum absolute atomic E-state index is 0.0279. The molecule has 1 rings (SSSR count). The third kappa shape index (κ3) is 4.70. The first-order valence-corrected chi connectivity index (χ1v) is 7.87. The van der Waals surface area contributed by atoms with Crippen LogP contribution >= 0.6 is 0 Å². The lowest BCUT2D eigenvalue weighted by atomic mass is 9.92. The molecule has 5 nitrogen and oxygen atoms in total. The zero-order chi connectivity index (χ0) is 16.2. The summed E-state index contributed by atoms with van der Waals surface area (Å²) in [5.41, 5.74) is 0. The molecule has 0 spiro atoms.